The number of nitrogens with zero attached hydrogens (tertiary/aromatic N) is 1. The van der Waals surface area contributed by atoms with Crippen LogP contribution in [-0.2, 0) is 27.8 Å². The number of aliphatic carboxylic acids is 1. The third-order valence-electron chi connectivity index (χ3n) is 5.67. The molecule has 4 rings (SSSR count). The second-order valence-corrected chi connectivity index (χ2v) is 10.7. The summed E-state index contributed by atoms with van der Waals surface area (Å²) in [4.78, 5) is 35.8. The van der Waals surface area contributed by atoms with Gasteiger partial charge >= 0.3 is 11.9 Å². The largest absolute Gasteiger partial charge is 0.480 e. The zero-order valence-electron chi connectivity index (χ0n) is 18.0. The van der Waals surface area contributed by atoms with Crippen LogP contribution in [0.2, 0.25) is 0 Å². The molecule has 3 aromatic rings. The van der Waals surface area contributed by atoms with Crippen LogP contribution in [0.5, 0.6) is 0 Å². The quantitative estimate of drug-likeness (QED) is 0.419. The van der Waals surface area contributed by atoms with Crippen LogP contribution >= 0.6 is 15.9 Å². The molecule has 9 nitrogen and oxygen atoms in total. The molecule has 35 heavy (non-hydrogen) atoms. The van der Waals surface area contributed by atoms with Gasteiger partial charge in [0.2, 0.25) is 10.0 Å². The van der Waals surface area contributed by atoms with E-state index in [-0.39, 0.29) is 34.7 Å². The highest BCUT2D eigenvalue weighted by atomic mass is 79.9. The number of carbonyl (C=O) groups excluding carboxylic acids is 1. The van der Waals surface area contributed by atoms with Gasteiger partial charge in [0.15, 0.2) is 0 Å². The number of hydrogen-bond acceptors (Lipinski definition) is 5. The Morgan fingerprint density at radius 1 is 0.943 bits per heavy atom. The van der Waals surface area contributed by atoms with E-state index in [1.54, 1.807) is 30.3 Å². The van der Waals surface area contributed by atoms with Gasteiger partial charge < -0.3 is 15.5 Å². The Kier molecular flexibility index (Phi) is 6.75. The summed E-state index contributed by atoms with van der Waals surface area (Å²) < 4.78 is 28.1. The Labute approximate surface area is 209 Å². The average molecular weight is 559 g/mol. The normalized spacial score (nSPS) is 15.7. The Morgan fingerprint density at radius 2 is 1.60 bits per heavy atom. The number of sulfonamides is 1. The number of hydrogen-bond donors (Lipinski definition) is 3. The van der Waals surface area contributed by atoms with E-state index >= 15 is 0 Å². The number of carboxylic acids is 2. The lowest BCUT2D eigenvalue weighted by Crippen LogP contribution is -2.48. The van der Waals surface area contributed by atoms with Crippen molar-refractivity contribution in [2.24, 2.45) is 0 Å². The van der Waals surface area contributed by atoms with Gasteiger partial charge in [0.25, 0.3) is 5.91 Å². The molecule has 0 aliphatic carbocycles. The Morgan fingerprint density at radius 3 is 2.23 bits per heavy atom. The molecule has 0 radical (unpaired) electrons. The van der Waals surface area contributed by atoms with Crippen LogP contribution < -0.4 is 5.32 Å². The molecule has 1 unspecified atom stereocenters. The molecule has 180 valence electrons. The first-order valence-electron chi connectivity index (χ1n) is 10.3. The number of rotatable bonds is 6. The van der Waals surface area contributed by atoms with Crippen LogP contribution in [0, 0.1) is 0 Å². The van der Waals surface area contributed by atoms with Gasteiger partial charge in [-0.1, -0.05) is 40.2 Å². The molecule has 0 saturated carbocycles. The van der Waals surface area contributed by atoms with Crippen molar-refractivity contribution in [1.29, 1.82) is 0 Å². The summed E-state index contributed by atoms with van der Waals surface area (Å²) in [6, 6.07) is 15.2. The summed E-state index contributed by atoms with van der Waals surface area (Å²) in [6.45, 7) is -0.0841. The molecule has 3 aromatic carbocycles. The number of amides is 1. The Hall–Kier alpha value is -3.54. The topological polar surface area (TPSA) is 141 Å². The maximum atomic E-state index is 13.3. The van der Waals surface area contributed by atoms with Crippen molar-refractivity contribution in [3.8, 4) is 0 Å². The molecule has 3 N–H and O–H groups in total. The maximum Gasteiger partial charge on any atom is 0.337 e. The van der Waals surface area contributed by atoms with Crippen LogP contribution in [0.3, 0.4) is 0 Å². The summed E-state index contributed by atoms with van der Waals surface area (Å²) in [6.07, 6.45) is 0.0460. The van der Waals surface area contributed by atoms with Gasteiger partial charge in [-0.3, -0.25) is 9.59 Å². The van der Waals surface area contributed by atoms with Gasteiger partial charge in [-0.25, -0.2) is 13.2 Å². The number of carbonyl (C=O) groups is 3. The molecular formula is C24H19BrN2O7S. The third kappa shape index (κ3) is 4.97. The first-order chi connectivity index (χ1) is 16.6. The number of carboxylic acid groups (broad SMARTS) is 2. The summed E-state index contributed by atoms with van der Waals surface area (Å²) in [5, 5.41) is 21.5. The molecule has 0 aromatic heterocycles. The van der Waals surface area contributed by atoms with E-state index in [1.807, 2.05) is 0 Å². The van der Waals surface area contributed by atoms with E-state index in [0.29, 0.717) is 4.47 Å². The van der Waals surface area contributed by atoms with E-state index in [9.17, 15) is 33.0 Å². The number of aromatic carboxylic acids is 1. The van der Waals surface area contributed by atoms with Crippen LogP contribution in [0.1, 0.15) is 31.8 Å². The number of benzene rings is 3. The zero-order valence-corrected chi connectivity index (χ0v) is 20.4. The fourth-order valence-corrected chi connectivity index (χ4v) is 5.79. The molecule has 0 fully saturated rings. The van der Waals surface area contributed by atoms with Gasteiger partial charge in [0.1, 0.15) is 6.04 Å². The molecule has 1 atom stereocenters. The highest BCUT2D eigenvalue weighted by molar-refractivity contribution is 9.10. The van der Waals surface area contributed by atoms with Gasteiger partial charge in [0, 0.05) is 23.0 Å². The van der Waals surface area contributed by atoms with Gasteiger partial charge in [-0.2, -0.15) is 4.31 Å². The second-order valence-electron chi connectivity index (χ2n) is 7.85. The van der Waals surface area contributed by atoms with Crippen molar-refractivity contribution in [2.75, 3.05) is 5.32 Å². The van der Waals surface area contributed by atoms with Crippen LogP contribution in [-0.4, -0.2) is 46.8 Å². The zero-order chi connectivity index (χ0) is 25.3. The van der Waals surface area contributed by atoms with Gasteiger partial charge in [-0.15, -0.1) is 0 Å². The highest BCUT2D eigenvalue weighted by Crippen LogP contribution is 2.29. The summed E-state index contributed by atoms with van der Waals surface area (Å²) >= 11 is 3.18. The van der Waals surface area contributed by atoms with Crippen molar-refractivity contribution >= 4 is 49.5 Å². The lowest BCUT2D eigenvalue weighted by molar-refractivity contribution is -0.141. The molecule has 0 spiro atoms. The number of fused-ring (bicyclic) bond motifs is 1. The van der Waals surface area contributed by atoms with Gasteiger partial charge in [-0.05, 0) is 53.6 Å². The minimum atomic E-state index is -4.19. The minimum absolute atomic E-state index is 0.0460. The molecule has 1 aliphatic heterocycles. The fraction of sp³-hybridized carbons (Fsp3) is 0.125. The van der Waals surface area contributed by atoms with E-state index in [1.165, 1.54) is 36.4 Å². The maximum absolute atomic E-state index is 13.3. The lowest BCUT2D eigenvalue weighted by atomic mass is 9.96. The molecule has 11 heteroatoms. The van der Waals surface area contributed by atoms with Gasteiger partial charge in [0.05, 0.1) is 16.1 Å². The number of halogens is 1. The first-order valence-corrected chi connectivity index (χ1v) is 12.6. The third-order valence-corrected chi connectivity index (χ3v) is 8.04. The highest BCUT2D eigenvalue weighted by Gasteiger charge is 2.39. The van der Waals surface area contributed by atoms with Crippen molar-refractivity contribution in [3.05, 3.63) is 93.5 Å². The molecule has 0 bridgehead atoms. The van der Waals surface area contributed by atoms with E-state index < -0.39 is 33.9 Å². The molecule has 0 saturated heterocycles. The monoisotopic (exact) mass is 558 g/mol. The van der Waals surface area contributed by atoms with Crippen molar-refractivity contribution < 1.29 is 33.0 Å². The molecule has 1 amide bonds. The molecule has 1 aliphatic rings. The minimum Gasteiger partial charge on any atom is -0.480 e. The second kappa shape index (κ2) is 9.61. The summed E-state index contributed by atoms with van der Waals surface area (Å²) in [7, 11) is -4.19. The number of nitrogens with one attached hydrogen (secondary N) is 1. The first kappa shape index (κ1) is 24.6. The van der Waals surface area contributed by atoms with Crippen molar-refractivity contribution in [3.63, 3.8) is 0 Å². The van der Waals surface area contributed by atoms with Crippen molar-refractivity contribution in [2.45, 2.75) is 23.9 Å². The van der Waals surface area contributed by atoms with Crippen LogP contribution in [0.4, 0.5) is 5.69 Å². The predicted molar refractivity (Wildman–Crippen MR) is 130 cm³/mol. The Bertz CT molecular complexity index is 1440. The van der Waals surface area contributed by atoms with Crippen LogP contribution in [0.25, 0.3) is 0 Å². The molecular weight excluding hydrogens is 540 g/mol. The van der Waals surface area contributed by atoms with E-state index in [4.69, 9.17) is 0 Å². The van der Waals surface area contributed by atoms with Crippen LogP contribution in [0.15, 0.2) is 76.1 Å². The van der Waals surface area contributed by atoms with Crippen molar-refractivity contribution in [1.82, 2.24) is 4.31 Å². The van der Waals surface area contributed by atoms with E-state index in [2.05, 4.69) is 21.2 Å². The lowest BCUT2D eigenvalue weighted by Gasteiger charge is -2.33. The fourth-order valence-electron chi connectivity index (χ4n) is 3.87. The predicted octanol–water partition coefficient (Wildman–Crippen LogP) is 3.60. The smallest absolute Gasteiger partial charge is 0.337 e. The average Bonchev–Trinajstić information content (AvgIpc) is 2.84. The van der Waals surface area contributed by atoms with E-state index in [0.717, 1.165) is 15.4 Å². The summed E-state index contributed by atoms with van der Waals surface area (Å²) in [5.74, 6) is -3.10. The molecule has 1 heterocycles. The SMILES string of the molecule is O=C(Nc1ccc(Br)cc1C(=O)O)c1ccc(S(=O)(=O)N2Cc3ccccc3CC2C(=O)O)cc1. The standard InChI is InChI=1S/C24H19BrN2O7S/c25-17-7-10-20(19(12-17)23(29)30)26-22(28)14-5-8-18(9-6-14)35(33,34)27-13-16-4-2-1-3-15(16)11-21(27)24(31)32/h1-10,12,21H,11,13H2,(H,26,28)(H,29,30)(H,31,32). The number of anilines is 1. The summed E-state index contributed by atoms with van der Waals surface area (Å²) in [5.41, 5.74) is 1.58. The Balaban J connectivity index is 1.59.